The molecule has 12 heteroatoms. The maximum atomic E-state index is 13.5. The Morgan fingerprint density at radius 2 is 1.71 bits per heavy atom. The Morgan fingerprint density at radius 1 is 1.00 bits per heavy atom. The molecular weight excluding hydrogens is 537 g/mol. The molecule has 0 N–H and O–H groups in total. The summed E-state index contributed by atoms with van der Waals surface area (Å²) in [5, 5.41) is 4.00. The van der Waals surface area contributed by atoms with Gasteiger partial charge in [0.1, 0.15) is 5.82 Å². The first-order chi connectivity index (χ1) is 19.6. The van der Waals surface area contributed by atoms with Gasteiger partial charge in [-0.15, -0.1) is 0 Å². The Bertz CT molecular complexity index is 1630. The highest BCUT2D eigenvalue weighted by Gasteiger charge is 2.64. The first kappa shape index (κ1) is 26.7. The molecule has 0 radical (unpaired) electrons. The molecule has 0 atom stereocenters. The Labute approximate surface area is 233 Å². The normalized spacial score (nSPS) is 16.6. The van der Waals surface area contributed by atoms with Crippen molar-refractivity contribution in [3.8, 4) is 22.8 Å². The summed E-state index contributed by atoms with van der Waals surface area (Å²) in [5.41, 5.74) is 0.217. The molecule has 9 nitrogen and oxygen atoms in total. The quantitative estimate of drug-likeness (QED) is 0.345. The van der Waals surface area contributed by atoms with E-state index >= 15 is 0 Å². The van der Waals surface area contributed by atoms with Crippen molar-refractivity contribution < 1.29 is 22.5 Å². The van der Waals surface area contributed by atoms with Crippen LogP contribution in [-0.2, 0) is 16.8 Å². The topological polar surface area (TPSA) is 97.4 Å². The predicted molar refractivity (Wildman–Crippen MR) is 144 cm³/mol. The number of aromatic nitrogens is 4. The summed E-state index contributed by atoms with van der Waals surface area (Å²) in [6.45, 7) is 4.48. The molecule has 41 heavy (non-hydrogen) atoms. The lowest BCUT2D eigenvalue weighted by Crippen LogP contribution is -2.48. The van der Waals surface area contributed by atoms with Gasteiger partial charge in [0.25, 0.3) is 11.4 Å². The summed E-state index contributed by atoms with van der Waals surface area (Å²) in [5.74, 6) is 1.27. The molecule has 1 saturated carbocycles. The highest BCUT2D eigenvalue weighted by Crippen LogP contribution is 2.58. The van der Waals surface area contributed by atoms with E-state index in [9.17, 15) is 22.8 Å². The molecule has 0 unspecified atom stereocenters. The highest BCUT2D eigenvalue weighted by atomic mass is 19.4. The number of pyridine rings is 2. The highest BCUT2D eigenvalue weighted by molar-refractivity contribution is 5.73. The third-order valence-corrected chi connectivity index (χ3v) is 7.86. The number of hydrogen-bond acceptors (Lipinski definition) is 7. The fourth-order valence-corrected chi connectivity index (χ4v) is 5.22. The van der Waals surface area contributed by atoms with Crippen LogP contribution in [0.3, 0.4) is 0 Å². The van der Waals surface area contributed by atoms with Crippen molar-refractivity contribution in [3.63, 3.8) is 0 Å². The van der Waals surface area contributed by atoms with E-state index in [-0.39, 0.29) is 41.6 Å². The minimum Gasteiger partial charge on any atom is -0.353 e. The summed E-state index contributed by atoms with van der Waals surface area (Å²) in [6.07, 6.45) is -0.755. The molecule has 4 aromatic rings. The summed E-state index contributed by atoms with van der Waals surface area (Å²) in [7, 11) is 0. The Balaban J connectivity index is 1.18. The molecule has 0 bridgehead atoms. The standard InChI is InChI=1S/C29H27F3N6O3/c1-19(39)36-12-14-37(15-13-36)24-16-20(8-11-33-24)17-38-18-22(4-7-25(38)40)27-34-26(35-41-27)21-2-5-23(6-3-21)28(9-10-28)29(30,31)32/h2-8,11,16,18H,9-10,12-15,17H2,1H3. The monoisotopic (exact) mass is 564 g/mol. The van der Waals surface area contributed by atoms with Crippen molar-refractivity contribution in [1.82, 2.24) is 24.6 Å². The molecular formula is C29H27F3N6O3. The molecule has 1 aliphatic carbocycles. The average Bonchev–Trinajstić information content (AvgIpc) is 3.66. The summed E-state index contributed by atoms with van der Waals surface area (Å²) in [4.78, 5) is 37.1. The van der Waals surface area contributed by atoms with Gasteiger partial charge in [0.2, 0.25) is 11.7 Å². The number of carbonyl (C=O) groups excluding carboxylic acids is 1. The molecule has 3 aromatic heterocycles. The van der Waals surface area contributed by atoms with Crippen LogP contribution in [-0.4, -0.2) is 62.9 Å². The minimum atomic E-state index is -4.28. The van der Waals surface area contributed by atoms with Crippen molar-refractivity contribution in [2.24, 2.45) is 0 Å². The first-order valence-electron chi connectivity index (χ1n) is 13.3. The fourth-order valence-electron chi connectivity index (χ4n) is 5.22. The zero-order chi connectivity index (χ0) is 28.8. The van der Waals surface area contributed by atoms with Crippen LogP contribution in [0.15, 0.2) is 70.2 Å². The SMILES string of the molecule is CC(=O)N1CCN(c2cc(Cn3cc(-c4nc(-c5ccc(C6(C(F)(F)F)CC6)cc5)no4)ccc3=O)ccn2)CC1. The van der Waals surface area contributed by atoms with E-state index in [0.29, 0.717) is 43.9 Å². The number of carbonyl (C=O) groups is 1. The zero-order valence-corrected chi connectivity index (χ0v) is 22.3. The number of benzene rings is 1. The van der Waals surface area contributed by atoms with Crippen LogP contribution in [0.5, 0.6) is 0 Å². The maximum absolute atomic E-state index is 13.5. The maximum Gasteiger partial charge on any atom is 0.398 e. The minimum absolute atomic E-state index is 0.0596. The Hall–Kier alpha value is -4.48. The number of alkyl halides is 3. The first-order valence-corrected chi connectivity index (χ1v) is 13.3. The molecule has 1 amide bonds. The second-order valence-electron chi connectivity index (χ2n) is 10.5. The van der Waals surface area contributed by atoms with Gasteiger partial charge in [0.15, 0.2) is 0 Å². The van der Waals surface area contributed by atoms with Gasteiger partial charge in [-0.05, 0) is 42.2 Å². The van der Waals surface area contributed by atoms with E-state index in [1.54, 1.807) is 42.4 Å². The number of hydrogen-bond donors (Lipinski definition) is 0. The van der Waals surface area contributed by atoms with E-state index < -0.39 is 11.6 Å². The van der Waals surface area contributed by atoms with Crippen molar-refractivity contribution >= 4 is 11.7 Å². The van der Waals surface area contributed by atoms with Gasteiger partial charge in [-0.25, -0.2) is 4.98 Å². The molecule has 6 rings (SSSR count). The van der Waals surface area contributed by atoms with Gasteiger partial charge in [-0.3, -0.25) is 9.59 Å². The Morgan fingerprint density at radius 3 is 2.37 bits per heavy atom. The van der Waals surface area contributed by atoms with Crippen LogP contribution in [0.25, 0.3) is 22.8 Å². The fraction of sp³-hybridized carbons (Fsp3) is 0.345. The van der Waals surface area contributed by atoms with Crippen molar-refractivity contribution in [3.05, 3.63) is 82.4 Å². The zero-order valence-electron chi connectivity index (χ0n) is 22.3. The summed E-state index contributed by atoms with van der Waals surface area (Å²) < 4.78 is 47.3. The summed E-state index contributed by atoms with van der Waals surface area (Å²) >= 11 is 0. The van der Waals surface area contributed by atoms with E-state index in [0.717, 1.165) is 11.4 Å². The van der Waals surface area contributed by atoms with E-state index in [1.165, 1.54) is 22.8 Å². The number of rotatable bonds is 6. The van der Waals surface area contributed by atoms with Gasteiger partial charge >= 0.3 is 6.18 Å². The lowest BCUT2D eigenvalue weighted by molar-refractivity contribution is -0.160. The van der Waals surface area contributed by atoms with Crippen molar-refractivity contribution in [2.75, 3.05) is 31.1 Å². The van der Waals surface area contributed by atoms with Crippen molar-refractivity contribution in [1.29, 1.82) is 0 Å². The Kier molecular flexibility index (Phi) is 6.63. The third-order valence-electron chi connectivity index (χ3n) is 7.86. The lowest BCUT2D eigenvalue weighted by atomic mass is 9.94. The smallest absolute Gasteiger partial charge is 0.353 e. The number of halogens is 3. The van der Waals surface area contributed by atoms with Gasteiger partial charge in [-0.1, -0.05) is 29.4 Å². The second-order valence-corrected chi connectivity index (χ2v) is 10.5. The lowest BCUT2D eigenvalue weighted by Gasteiger charge is -2.35. The molecule has 1 aliphatic heterocycles. The van der Waals surface area contributed by atoms with Crippen LogP contribution in [0, 0.1) is 0 Å². The van der Waals surface area contributed by atoms with E-state index in [4.69, 9.17) is 4.52 Å². The van der Waals surface area contributed by atoms with E-state index in [2.05, 4.69) is 20.0 Å². The average molecular weight is 565 g/mol. The van der Waals surface area contributed by atoms with Crippen LogP contribution >= 0.6 is 0 Å². The van der Waals surface area contributed by atoms with Crippen LogP contribution < -0.4 is 10.5 Å². The summed E-state index contributed by atoms with van der Waals surface area (Å²) in [6, 6.07) is 12.9. The largest absolute Gasteiger partial charge is 0.398 e. The van der Waals surface area contributed by atoms with Gasteiger partial charge in [0, 0.05) is 57.1 Å². The number of anilines is 1. The van der Waals surface area contributed by atoms with E-state index in [1.807, 2.05) is 12.1 Å². The number of piperazine rings is 1. The van der Waals surface area contributed by atoms with Gasteiger partial charge < -0.3 is 18.9 Å². The van der Waals surface area contributed by atoms with Gasteiger partial charge in [-0.2, -0.15) is 18.2 Å². The van der Waals surface area contributed by atoms with Crippen LogP contribution in [0.2, 0.25) is 0 Å². The molecule has 1 saturated heterocycles. The number of amides is 1. The number of nitrogens with zero attached hydrogens (tertiary/aromatic N) is 6. The van der Waals surface area contributed by atoms with Crippen LogP contribution in [0.1, 0.15) is 30.9 Å². The molecule has 212 valence electrons. The van der Waals surface area contributed by atoms with Gasteiger partial charge in [0.05, 0.1) is 17.5 Å². The molecule has 2 aliphatic rings. The molecule has 2 fully saturated rings. The van der Waals surface area contributed by atoms with Crippen molar-refractivity contribution in [2.45, 2.75) is 37.9 Å². The predicted octanol–water partition coefficient (Wildman–Crippen LogP) is 4.27. The molecule has 0 spiro atoms. The molecule has 4 heterocycles. The second kappa shape index (κ2) is 10.2. The molecule has 1 aromatic carbocycles. The third kappa shape index (κ3) is 5.21. The van der Waals surface area contributed by atoms with Crippen LogP contribution in [0.4, 0.5) is 19.0 Å².